The Labute approximate surface area is 437 Å². The molecule has 0 heterocycles. The summed E-state index contributed by atoms with van der Waals surface area (Å²) >= 11 is 0. The van der Waals surface area contributed by atoms with Crippen molar-refractivity contribution in [3.8, 4) is 0 Å². The summed E-state index contributed by atoms with van der Waals surface area (Å²) in [5.74, 6) is -0.0416. The van der Waals surface area contributed by atoms with Gasteiger partial charge in [-0.25, -0.2) is 0 Å². The first kappa shape index (κ1) is 68.3. The highest BCUT2D eigenvalue weighted by atomic mass is 16.5. The highest BCUT2D eigenvalue weighted by Gasteiger charge is 2.20. The summed E-state index contributed by atoms with van der Waals surface area (Å²) in [6.07, 6.45) is 73.2. The summed E-state index contributed by atoms with van der Waals surface area (Å²) in [6, 6.07) is -0.545. The van der Waals surface area contributed by atoms with Gasteiger partial charge in [-0.1, -0.05) is 301 Å². The van der Waals surface area contributed by atoms with Gasteiger partial charge in [-0.3, -0.25) is 9.59 Å². The van der Waals surface area contributed by atoms with Crippen LogP contribution in [0.2, 0.25) is 0 Å². The van der Waals surface area contributed by atoms with E-state index in [9.17, 15) is 19.8 Å². The number of rotatable bonds is 59. The van der Waals surface area contributed by atoms with E-state index in [-0.39, 0.29) is 18.5 Å². The fourth-order valence-electron chi connectivity index (χ4n) is 9.91. The van der Waals surface area contributed by atoms with Gasteiger partial charge in [0.15, 0.2) is 0 Å². The minimum absolute atomic E-state index is 0.00540. The molecule has 6 heteroatoms. The van der Waals surface area contributed by atoms with Crippen molar-refractivity contribution in [3.63, 3.8) is 0 Å². The van der Waals surface area contributed by atoms with E-state index in [4.69, 9.17) is 4.74 Å². The number of carbonyl (C=O) groups excluding carboxylic acids is 2. The van der Waals surface area contributed by atoms with E-state index in [0.717, 1.165) is 51.4 Å². The Morgan fingerprint density at radius 3 is 1.10 bits per heavy atom. The van der Waals surface area contributed by atoms with Crippen LogP contribution in [0.1, 0.15) is 348 Å². The zero-order chi connectivity index (χ0) is 50.7. The molecule has 0 aliphatic carbocycles. The number of unbranched alkanes of at least 4 members (excludes halogenated alkanes) is 44. The van der Waals surface area contributed by atoms with Crippen molar-refractivity contribution in [1.82, 2.24) is 5.32 Å². The molecule has 0 aromatic rings. The molecule has 70 heavy (non-hydrogen) atoms. The van der Waals surface area contributed by atoms with Crippen molar-refractivity contribution in [1.29, 1.82) is 0 Å². The Bertz CT molecular complexity index is 1090. The summed E-state index contributed by atoms with van der Waals surface area (Å²) in [5.41, 5.74) is 0. The van der Waals surface area contributed by atoms with E-state index >= 15 is 0 Å². The van der Waals surface area contributed by atoms with E-state index < -0.39 is 12.1 Å². The molecule has 0 aliphatic heterocycles. The van der Waals surface area contributed by atoms with Crippen LogP contribution in [0.15, 0.2) is 24.3 Å². The average molecular weight is 987 g/mol. The summed E-state index contributed by atoms with van der Waals surface area (Å²) in [7, 11) is 0. The lowest BCUT2D eigenvalue weighted by Gasteiger charge is -2.22. The normalized spacial score (nSPS) is 12.7. The summed E-state index contributed by atoms with van der Waals surface area (Å²) in [6.45, 7) is 4.95. The van der Waals surface area contributed by atoms with Crippen molar-refractivity contribution < 1.29 is 24.5 Å². The number of esters is 1. The minimum Gasteiger partial charge on any atom is -0.466 e. The molecule has 0 radical (unpaired) electrons. The number of aliphatic hydroxyl groups is 2. The zero-order valence-corrected chi connectivity index (χ0v) is 47.3. The number of hydrogen-bond donors (Lipinski definition) is 3. The van der Waals surface area contributed by atoms with Crippen molar-refractivity contribution in [3.05, 3.63) is 24.3 Å². The van der Waals surface area contributed by atoms with E-state index in [1.54, 1.807) is 0 Å². The lowest BCUT2D eigenvalue weighted by Crippen LogP contribution is -2.45. The predicted octanol–water partition coefficient (Wildman–Crippen LogP) is 19.8. The third-order valence-electron chi connectivity index (χ3n) is 14.8. The van der Waals surface area contributed by atoms with E-state index in [1.165, 1.54) is 263 Å². The Balaban J connectivity index is 3.41. The van der Waals surface area contributed by atoms with Crippen LogP contribution in [0.25, 0.3) is 0 Å². The van der Waals surface area contributed by atoms with Crippen LogP contribution < -0.4 is 5.32 Å². The second-order valence-electron chi connectivity index (χ2n) is 21.7. The number of aliphatic hydroxyl groups excluding tert-OH is 2. The maximum atomic E-state index is 12.5. The molecule has 6 nitrogen and oxygen atoms in total. The van der Waals surface area contributed by atoms with E-state index in [2.05, 4.69) is 43.5 Å². The van der Waals surface area contributed by atoms with Crippen LogP contribution in [0.5, 0.6) is 0 Å². The molecule has 0 aromatic carbocycles. The molecule has 414 valence electrons. The van der Waals surface area contributed by atoms with Crippen molar-refractivity contribution in [2.45, 2.75) is 360 Å². The number of amides is 1. The topological polar surface area (TPSA) is 95.9 Å². The fourth-order valence-corrected chi connectivity index (χ4v) is 9.91. The lowest BCUT2D eigenvalue weighted by atomic mass is 10.0. The standard InChI is InChI=1S/C64H123NO5/c1-3-5-7-9-11-13-15-17-19-21-22-25-28-32-36-40-44-48-52-56-62(67)61(60-66)65-63(68)57-53-49-45-41-37-33-29-26-23-24-27-31-35-39-43-47-51-55-59-70-64(69)58-54-50-46-42-38-34-30-20-18-16-14-12-10-8-6-4-2/h14,16,20,30,61-62,66-67H,3-13,15,17-19,21-29,31-60H2,1-2H3,(H,65,68)/b16-14-,30-20-. The smallest absolute Gasteiger partial charge is 0.305 e. The third kappa shape index (κ3) is 55.7. The van der Waals surface area contributed by atoms with Gasteiger partial charge in [0, 0.05) is 12.8 Å². The van der Waals surface area contributed by atoms with Crippen molar-refractivity contribution >= 4 is 11.9 Å². The molecule has 1 amide bonds. The number of allylic oxidation sites excluding steroid dienone is 4. The molecule has 0 saturated carbocycles. The Morgan fingerprint density at radius 1 is 0.400 bits per heavy atom. The first-order valence-corrected chi connectivity index (χ1v) is 31.6. The third-order valence-corrected chi connectivity index (χ3v) is 14.8. The van der Waals surface area contributed by atoms with E-state index in [1.807, 2.05) is 0 Å². The number of ether oxygens (including phenoxy) is 1. The van der Waals surface area contributed by atoms with Crippen molar-refractivity contribution in [2.75, 3.05) is 13.2 Å². The van der Waals surface area contributed by atoms with Crippen LogP contribution in [-0.4, -0.2) is 47.4 Å². The van der Waals surface area contributed by atoms with Crippen LogP contribution in [0, 0.1) is 0 Å². The van der Waals surface area contributed by atoms with Gasteiger partial charge < -0.3 is 20.3 Å². The molecule has 0 rings (SSSR count). The molecule has 0 saturated heterocycles. The average Bonchev–Trinajstić information content (AvgIpc) is 3.36. The maximum Gasteiger partial charge on any atom is 0.305 e. The Kier molecular flexibility index (Phi) is 58.5. The molecular weight excluding hydrogens is 863 g/mol. The molecule has 2 unspecified atom stereocenters. The van der Waals surface area contributed by atoms with Crippen LogP contribution in [0.4, 0.5) is 0 Å². The van der Waals surface area contributed by atoms with Gasteiger partial charge >= 0.3 is 5.97 Å². The molecule has 0 aromatic heterocycles. The molecular formula is C64H123NO5. The maximum absolute atomic E-state index is 12.5. The molecule has 3 N–H and O–H groups in total. The zero-order valence-electron chi connectivity index (χ0n) is 47.3. The number of carbonyl (C=O) groups is 2. The molecule has 0 spiro atoms. The summed E-state index contributed by atoms with van der Waals surface area (Å²) in [5, 5.41) is 23.4. The number of nitrogens with one attached hydrogen (secondary N) is 1. The quantitative estimate of drug-likeness (QED) is 0.0321. The SMILES string of the molecule is CCCCCC/C=C\C/C=C\CCCCCCCC(=O)OCCCCCCCCCCCCCCCCCCCCC(=O)NC(CO)C(O)CCCCCCCCCCCCCCCCCCCCC. The molecule has 2 atom stereocenters. The van der Waals surface area contributed by atoms with Crippen molar-refractivity contribution in [2.24, 2.45) is 0 Å². The minimum atomic E-state index is -0.668. The Hall–Kier alpha value is -1.66. The van der Waals surface area contributed by atoms with Gasteiger partial charge in [0.25, 0.3) is 0 Å². The van der Waals surface area contributed by atoms with Gasteiger partial charge in [0.05, 0.1) is 25.4 Å². The summed E-state index contributed by atoms with van der Waals surface area (Å²) < 4.78 is 5.48. The second kappa shape index (κ2) is 59.9. The predicted molar refractivity (Wildman–Crippen MR) is 306 cm³/mol. The monoisotopic (exact) mass is 986 g/mol. The van der Waals surface area contributed by atoms with Gasteiger partial charge in [-0.05, 0) is 57.8 Å². The largest absolute Gasteiger partial charge is 0.466 e. The van der Waals surface area contributed by atoms with Gasteiger partial charge in [-0.15, -0.1) is 0 Å². The highest BCUT2D eigenvalue weighted by molar-refractivity contribution is 5.76. The molecule has 0 fully saturated rings. The van der Waals surface area contributed by atoms with Crippen LogP contribution in [0.3, 0.4) is 0 Å². The first-order valence-electron chi connectivity index (χ1n) is 31.6. The summed E-state index contributed by atoms with van der Waals surface area (Å²) in [4.78, 5) is 24.6. The van der Waals surface area contributed by atoms with Crippen LogP contribution >= 0.6 is 0 Å². The fraction of sp³-hybridized carbons (Fsp3) is 0.906. The van der Waals surface area contributed by atoms with Crippen LogP contribution in [-0.2, 0) is 14.3 Å². The van der Waals surface area contributed by atoms with Gasteiger partial charge in [0.1, 0.15) is 0 Å². The van der Waals surface area contributed by atoms with Gasteiger partial charge in [0.2, 0.25) is 5.91 Å². The molecule has 0 aliphatic rings. The lowest BCUT2D eigenvalue weighted by molar-refractivity contribution is -0.143. The van der Waals surface area contributed by atoms with E-state index in [0.29, 0.717) is 25.9 Å². The van der Waals surface area contributed by atoms with Gasteiger partial charge in [-0.2, -0.15) is 0 Å². The highest BCUT2D eigenvalue weighted by Crippen LogP contribution is 2.18. The molecule has 0 bridgehead atoms. The first-order chi connectivity index (χ1) is 34.5. The second-order valence-corrected chi connectivity index (χ2v) is 21.7. The Morgan fingerprint density at radius 2 is 0.714 bits per heavy atom. The number of hydrogen-bond acceptors (Lipinski definition) is 5.